The lowest BCUT2D eigenvalue weighted by Crippen LogP contribution is -2.45. The zero-order chi connectivity index (χ0) is 18.0. The lowest BCUT2D eigenvalue weighted by Gasteiger charge is -2.30. The van der Waals surface area contributed by atoms with E-state index in [1.807, 2.05) is 38.1 Å². The number of phenolic OH excluding ortho intramolecular Hbond substituents is 1. The molecule has 0 bridgehead atoms. The topological polar surface area (TPSA) is 73.4 Å². The number of aryl methyl sites for hydroxylation is 1. The van der Waals surface area contributed by atoms with Gasteiger partial charge in [-0.2, -0.15) is 0 Å². The van der Waals surface area contributed by atoms with Crippen molar-refractivity contribution in [2.75, 3.05) is 5.32 Å². The van der Waals surface area contributed by atoms with Crippen LogP contribution in [0.2, 0.25) is 0 Å². The summed E-state index contributed by atoms with van der Waals surface area (Å²) in [6, 6.07) is 14.0. The number of carbonyl (C=O) groups excluding carboxylic acids is 1. The fraction of sp³-hybridized carbons (Fsp3) is 0.158. The number of amides is 1. The van der Waals surface area contributed by atoms with E-state index in [0.717, 1.165) is 16.8 Å². The molecule has 0 saturated heterocycles. The summed E-state index contributed by atoms with van der Waals surface area (Å²) in [7, 11) is 0. The van der Waals surface area contributed by atoms with Gasteiger partial charge in [0, 0.05) is 11.4 Å². The van der Waals surface area contributed by atoms with Crippen LogP contribution in [0.15, 0.2) is 59.8 Å². The first-order valence-corrected chi connectivity index (χ1v) is 8.30. The summed E-state index contributed by atoms with van der Waals surface area (Å²) in [5, 5.41) is 19.0. The van der Waals surface area contributed by atoms with Crippen LogP contribution in [0.1, 0.15) is 24.1 Å². The minimum absolute atomic E-state index is 0.173. The van der Waals surface area contributed by atoms with Crippen molar-refractivity contribution in [3.63, 3.8) is 0 Å². The predicted molar refractivity (Wildman–Crippen MR) is 102 cm³/mol. The quantitative estimate of drug-likeness (QED) is 0.638. The number of benzene rings is 2. The van der Waals surface area contributed by atoms with Gasteiger partial charge in [0.15, 0.2) is 5.11 Å². The lowest BCUT2D eigenvalue weighted by atomic mass is 9.95. The highest BCUT2D eigenvalue weighted by atomic mass is 32.1. The Hall–Kier alpha value is -2.86. The maximum atomic E-state index is 12.9. The molecule has 6 heteroatoms. The standard InChI is InChI=1S/C19H19N3O2S/c1-11-4-3-5-14(10-11)21-18(24)16-12(2)20-19(25)22-17(16)13-6-8-15(23)9-7-13/h3-10,17,23H,1-2H3,(H,21,24)(H2,20,22,25)/t17-/m1/s1. The molecule has 2 aromatic rings. The minimum Gasteiger partial charge on any atom is -0.508 e. The number of aromatic hydroxyl groups is 1. The molecule has 0 aliphatic carbocycles. The van der Waals surface area contributed by atoms with E-state index in [1.165, 1.54) is 0 Å². The fourth-order valence-electron chi connectivity index (χ4n) is 2.83. The van der Waals surface area contributed by atoms with Crippen LogP contribution in [-0.4, -0.2) is 16.1 Å². The van der Waals surface area contributed by atoms with Gasteiger partial charge in [0.1, 0.15) is 5.75 Å². The second kappa shape index (κ2) is 6.94. The maximum Gasteiger partial charge on any atom is 0.255 e. The van der Waals surface area contributed by atoms with Gasteiger partial charge in [-0.25, -0.2) is 0 Å². The van der Waals surface area contributed by atoms with Gasteiger partial charge in [0.25, 0.3) is 5.91 Å². The number of allylic oxidation sites excluding steroid dienone is 1. The molecule has 0 aromatic heterocycles. The van der Waals surface area contributed by atoms with Gasteiger partial charge in [-0.1, -0.05) is 24.3 Å². The SMILES string of the molecule is CC1=C(C(=O)Nc2cccc(C)c2)[C@@H](c2ccc(O)cc2)NC(=S)N1. The molecule has 1 aliphatic heterocycles. The van der Waals surface area contributed by atoms with Crippen molar-refractivity contribution < 1.29 is 9.90 Å². The van der Waals surface area contributed by atoms with Gasteiger partial charge in [-0.15, -0.1) is 0 Å². The van der Waals surface area contributed by atoms with Gasteiger partial charge in [-0.05, 0) is 61.5 Å². The minimum atomic E-state index is -0.390. The Balaban J connectivity index is 1.94. The maximum absolute atomic E-state index is 12.9. The highest BCUT2D eigenvalue weighted by molar-refractivity contribution is 7.80. The van der Waals surface area contributed by atoms with Crippen molar-refractivity contribution >= 4 is 28.9 Å². The fourth-order valence-corrected chi connectivity index (χ4v) is 3.10. The van der Waals surface area contributed by atoms with Crippen molar-refractivity contribution in [1.82, 2.24) is 10.6 Å². The van der Waals surface area contributed by atoms with Crippen molar-refractivity contribution in [2.24, 2.45) is 0 Å². The number of rotatable bonds is 3. The Morgan fingerprint density at radius 1 is 1.16 bits per heavy atom. The molecule has 0 saturated carbocycles. The van der Waals surface area contributed by atoms with Crippen LogP contribution in [0.5, 0.6) is 5.75 Å². The summed E-state index contributed by atoms with van der Waals surface area (Å²) < 4.78 is 0. The predicted octanol–water partition coefficient (Wildman–Crippen LogP) is 3.13. The van der Waals surface area contributed by atoms with E-state index in [-0.39, 0.29) is 17.7 Å². The molecule has 5 nitrogen and oxygen atoms in total. The van der Waals surface area contributed by atoms with E-state index in [4.69, 9.17) is 12.2 Å². The van der Waals surface area contributed by atoms with Gasteiger partial charge in [0.05, 0.1) is 11.6 Å². The molecule has 1 aliphatic rings. The average molecular weight is 353 g/mol. The van der Waals surface area contributed by atoms with Gasteiger partial charge in [0.2, 0.25) is 0 Å². The number of hydrogen-bond acceptors (Lipinski definition) is 3. The summed E-state index contributed by atoms with van der Waals surface area (Å²) in [5.74, 6) is -0.0320. The molecule has 1 atom stereocenters. The molecule has 3 rings (SSSR count). The van der Waals surface area contributed by atoms with Gasteiger partial charge in [-0.3, -0.25) is 4.79 Å². The van der Waals surface area contributed by atoms with Crippen LogP contribution < -0.4 is 16.0 Å². The summed E-state index contributed by atoms with van der Waals surface area (Å²) in [6.07, 6.45) is 0. The molecule has 0 spiro atoms. The van der Waals surface area contributed by atoms with E-state index < -0.39 is 0 Å². The van der Waals surface area contributed by atoms with Crippen LogP contribution in [0.3, 0.4) is 0 Å². The Bertz CT molecular complexity index is 859. The number of anilines is 1. The number of phenols is 1. The Kier molecular flexibility index (Phi) is 4.72. The normalized spacial score (nSPS) is 16.9. The number of nitrogens with one attached hydrogen (secondary N) is 3. The van der Waals surface area contributed by atoms with E-state index >= 15 is 0 Å². The smallest absolute Gasteiger partial charge is 0.255 e. The summed E-state index contributed by atoms with van der Waals surface area (Å²) in [5.41, 5.74) is 3.91. The molecule has 1 heterocycles. The number of thiocarbonyl (C=S) groups is 1. The molecule has 0 radical (unpaired) electrons. The van der Waals surface area contributed by atoms with Gasteiger partial charge >= 0.3 is 0 Å². The highest BCUT2D eigenvalue weighted by Gasteiger charge is 2.29. The molecular weight excluding hydrogens is 334 g/mol. The first-order chi connectivity index (χ1) is 11.9. The summed E-state index contributed by atoms with van der Waals surface area (Å²) in [4.78, 5) is 12.9. The van der Waals surface area contributed by atoms with Crippen LogP contribution in [0.25, 0.3) is 0 Å². The summed E-state index contributed by atoms with van der Waals surface area (Å²) in [6.45, 7) is 3.80. The first-order valence-electron chi connectivity index (χ1n) is 7.89. The monoisotopic (exact) mass is 353 g/mol. The first kappa shape index (κ1) is 17.0. The lowest BCUT2D eigenvalue weighted by molar-refractivity contribution is -0.113. The second-order valence-corrected chi connectivity index (χ2v) is 6.39. The molecule has 0 unspecified atom stereocenters. The second-order valence-electron chi connectivity index (χ2n) is 5.99. The van der Waals surface area contributed by atoms with Crippen LogP contribution >= 0.6 is 12.2 Å². The van der Waals surface area contributed by atoms with Crippen LogP contribution in [0.4, 0.5) is 5.69 Å². The molecule has 1 amide bonds. The third kappa shape index (κ3) is 3.80. The average Bonchev–Trinajstić information content (AvgIpc) is 2.54. The van der Waals surface area contributed by atoms with E-state index in [9.17, 15) is 9.90 Å². The third-order valence-electron chi connectivity index (χ3n) is 4.02. The summed E-state index contributed by atoms with van der Waals surface area (Å²) >= 11 is 5.23. The van der Waals surface area contributed by atoms with Crippen LogP contribution in [0, 0.1) is 6.92 Å². The van der Waals surface area contributed by atoms with E-state index in [1.54, 1.807) is 24.3 Å². The van der Waals surface area contributed by atoms with Gasteiger partial charge < -0.3 is 21.1 Å². The number of hydrogen-bond donors (Lipinski definition) is 4. The Labute approximate surface area is 151 Å². The largest absolute Gasteiger partial charge is 0.508 e. The van der Waals surface area contributed by atoms with E-state index in [2.05, 4.69) is 16.0 Å². The van der Waals surface area contributed by atoms with Crippen molar-refractivity contribution in [1.29, 1.82) is 0 Å². The third-order valence-corrected chi connectivity index (χ3v) is 4.24. The molecular formula is C19H19N3O2S. The zero-order valence-corrected chi connectivity index (χ0v) is 14.8. The van der Waals surface area contributed by atoms with E-state index in [0.29, 0.717) is 16.4 Å². The molecule has 4 N–H and O–H groups in total. The highest BCUT2D eigenvalue weighted by Crippen LogP contribution is 2.28. The van der Waals surface area contributed by atoms with Crippen molar-refractivity contribution in [3.05, 3.63) is 70.9 Å². The number of carbonyl (C=O) groups is 1. The van der Waals surface area contributed by atoms with Crippen molar-refractivity contribution in [3.8, 4) is 5.75 Å². The van der Waals surface area contributed by atoms with Crippen molar-refractivity contribution in [2.45, 2.75) is 19.9 Å². The molecule has 25 heavy (non-hydrogen) atoms. The zero-order valence-electron chi connectivity index (χ0n) is 14.0. The molecule has 128 valence electrons. The molecule has 2 aromatic carbocycles. The Morgan fingerprint density at radius 2 is 1.88 bits per heavy atom. The molecule has 0 fully saturated rings. The van der Waals surface area contributed by atoms with Crippen LogP contribution in [-0.2, 0) is 4.79 Å². The Morgan fingerprint density at radius 3 is 2.56 bits per heavy atom.